The lowest BCUT2D eigenvalue weighted by molar-refractivity contribution is -0.144. The third kappa shape index (κ3) is 2.63. The Morgan fingerprint density at radius 3 is 2.88 bits per heavy atom. The van der Waals surface area contributed by atoms with Gasteiger partial charge in [-0.3, -0.25) is 10.1 Å². The van der Waals surface area contributed by atoms with Gasteiger partial charge in [-0.2, -0.15) is 4.98 Å². The van der Waals surface area contributed by atoms with E-state index in [0.29, 0.717) is 18.2 Å². The third-order valence-corrected chi connectivity index (χ3v) is 3.24. The number of aliphatic carboxylic acids is 1. The minimum atomic E-state index is -0.950. The molecule has 1 aromatic heterocycles. The Kier molecular flexibility index (Phi) is 3.15. The molecule has 2 N–H and O–H groups in total. The fourth-order valence-electron chi connectivity index (χ4n) is 1.47. The van der Waals surface area contributed by atoms with Crippen LogP contribution in [-0.4, -0.2) is 26.8 Å². The van der Waals surface area contributed by atoms with Crippen LogP contribution in [0.4, 0.5) is 0 Å². The molecule has 1 saturated carbocycles. The zero-order valence-corrected chi connectivity index (χ0v) is 10.1. The van der Waals surface area contributed by atoms with Crippen LogP contribution in [0.3, 0.4) is 0 Å². The van der Waals surface area contributed by atoms with E-state index in [1.807, 2.05) is 6.92 Å². The van der Waals surface area contributed by atoms with Crippen molar-refractivity contribution in [2.24, 2.45) is 0 Å². The van der Waals surface area contributed by atoms with E-state index in [9.17, 15) is 4.79 Å². The van der Waals surface area contributed by atoms with Crippen LogP contribution < -0.4 is 5.32 Å². The van der Waals surface area contributed by atoms with Gasteiger partial charge in [-0.15, -0.1) is 0 Å². The molecule has 1 atom stereocenters. The molecule has 1 heterocycles. The van der Waals surface area contributed by atoms with Gasteiger partial charge in [0.15, 0.2) is 5.82 Å². The second kappa shape index (κ2) is 4.44. The molecule has 1 unspecified atom stereocenters. The number of nitrogens with one attached hydrogen (secondary N) is 1. The lowest BCUT2D eigenvalue weighted by Crippen LogP contribution is -2.48. The van der Waals surface area contributed by atoms with Crippen molar-refractivity contribution in [3.8, 4) is 0 Å². The first-order valence-corrected chi connectivity index (χ1v) is 5.86. The van der Waals surface area contributed by atoms with E-state index in [2.05, 4.69) is 15.5 Å². The summed E-state index contributed by atoms with van der Waals surface area (Å²) in [5.74, 6) is 0.773. The van der Waals surface area contributed by atoms with Gasteiger partial charge in [0.25, 0.3) is 0 Å². The van der Waals surface area contributed by atoms with Crippen LogP contribution in [0.2, 0.25) is 0 Å². The zero-order valence-electron chi connectivity index (χ0n) is 10.1. The van der Waals surface area contributed by atoms with Crippen molar-refractivity contribution in [3.63, 3.8) is 0 Å². The molecular formula is C11H17N3O3. The van der Waals surface area contributed by atoms with Crippen molar-refractivity contribution in [2.75, 3.05) is 0 Å². The predicted octanol–water partition coefficient (Wildman–Crippen LogP) is 1.29. The van der Waals surface area contributed by atoms with Crippen LogP contribution >= 0.6 is 0 Å². The van der Waals surface area contributed by atoms with Gasteiger partial charge in [-0.25, -0.2) is 0 Å². The van der Waals surface area contributed by atoms with Crippen LogP contribution in [0.15, 0.2) is 4.52 Å². The lowest BCUT2D eigenvalue weighted by atomic mass is 9.99. The van der Waals surface area contributed by atoms with E-state index in [4.69, 9.17) is 9.63 Å². The molecule has 17 heavy (non-hydrogen) atoms. The molecule has 1 aliphatic rings. The summed E-state index contributed by atoms with van der Waals surface area (Å²) in [6.07, 6.45) is 2.73. The maximum absolute atomic E-state index is 11.1. The molecule has 0 radical (unpaired) electrons. The number of rotatable bonds is 6. The zero-order chi connectivity index (χ0) is 12.5. The summed E-state index contributed by atoms with van der Waals surface area (Å²) < 4.78 is 5.07. The van der Waals surface area contributed by atoms with Gasteiger partial charge >= 0.3 is 5.97 Å². The van der Waals surface area contributed by atoms with Crippen molar-refractivity contribution >= 4 is 5.97 Å². The second-order valence-corrected chi connectivity index (χ2v) is 4.66. The molecule has 0 saturated heterocycles. The highest BCUT2D eigenvalue weighted by atomic mass is 16.5. The first-order chi connectivity index (χ1) is 8.05. The molecule has 1 fully saturated rings. The van der Waals surface area contributed by atoms with Gasteiger partial charge in [0.05, 0.1) is 6.54 Å². The molecule has 1 aliphatic carbocycles. The summed E-state index contributed by atoms with van der Waals surface area (Å²) in [4.78, 5) is 15.3. The molecule has 0 aromatic carbocycles. The summed E-state index contributed by atoms with van der Waals surface area (Å²) in [7, 11) is 0. The first kappa shape index (κ1) is 12.0. The lowest BCUT2D eigenvalue weighted by Gasteiger charge is -2.23. The molecule has 94 valence electrons. The summed E-state index contributed by atoms with van der Waals surface area (Å²) in [5, 5.41) is 15.9. The number of carboxylic acids is 1. The van der Waals surface area contributed by atoms with Gasteiger partial charge in [0.2, 0.25) is 5.89 Å². The quantitative estimate of drug-likeness (QED) is 0.777. The van der Waals surface area contributed by atoms with E-state index < -0.39 is 11.5 Å². The van der Waals surface area contributed by atoms with Crippen LogP contribution in [0, 0.1) is 0 Å². The van der Waals surface area contributed by atoms with E-state index in [1.54, 1.807) is 6.92 Å². The molecule has 0 spiro atoms. The summed E-state index contributed by atoms with van der Waals surface area (Å²) >= 11 is 0. The number of aromatic nitrogens is 2. The van der Waals surface area contributed by atoms with Gasteiger partial charge in [-0.1, -0.05) is 12.1 Å². The minimum Gasteiger partial charge on any atom is -0.480 e. The van der Waals surface area contributed by atoms with Crippen LogP contribution in [0.5, 0.6) is 0 Å². The van der Waals surface area contributed by atoms with Crippen LogP contribution in [-0.2, 0) is 11.3 Å². The predicted molar refractivity (Wildman–Crippen MR) is 59.4 cm³/mol. The molecule has 0 bridgehead atoms. The van der Waals surface area contributed by atoms with Crippen molar-refractivity contribution in [3.05, 3.63) is 11.7 Å². The Morgan fingerprint density at radius 1 is 1.65 bits per heavy atom. The summed E-state index contributed by atoms with van der Waals surface area (Å²) in [5.41, 5.74) is -0.950. The Labute approximate surface area is 99.4 Å². The van der Waals surface area contributed by atoms with Gasteiger partial charge in [0, 0.05) is 5.92 Å². The highest BCUT2D eigenvalue weighted by molar-refractivity contribution is 5.78. The van der Waals surface area contributed by atoms with Gasteiger partial charge < -0.3 is 9.63 Å². The summed E-state index contributed by atoms with van der Waals surface area (Å²) in [6.45, 7) is 3.76. The van der Waals surface area contributed by atoms with Crippen molar-refractivity contribution in [1.29, 1.82) is 0 Å². The monoisotopic (exact) mass is 239 g/mol. The van der Waals surface area contributed by atoms with Crippen molar-refractivity contribution in [2.45, 2.75) is 51.1 Å². The number of carbonyl (C=O) groups is 1. The Bertz CT molecular complexity index is 414. The van der Waals surface area contributed by atoms with Crippen LogP contribution in [0.25, 0.3) is 0 Å². The van der Waals surface area contributed by atoms with Gasteiger partial charge in [-0.05, 0) is 26.2 Å². The number of carboxylic acid groups (broad SMARTS) is 1. The number of nitrogens with zero attached hydrogens (tertiary/aromatic N) is 2. The van der Waals surface area contributed by atoms with Crippen molar-refractivity contribution in [1.82, 2.24) is 15.5 Å². The van der Waals surface area contributed by atoms with E-state index in [-0.39, 0.29) is 6.54 Å². The van der Waals surface area contributed by atoms with E-state index in [0.717, 1.165) is 18.7 Å². The summed E-state index contributed by atoms with van der Waals surface area (Å²) in [6, 6.07) is 0. The molecule has 6 nitrogen and oxygen atoms in total. The molecule has 1 aromatic rings. The standard InChI is InChI=1S/C11H17N3O3/c1-3-11(2,10(15)16)12-6-8-13-9(14-17-8)7-4-5-7/h7,12H,3-6H2,1-2H3,(H,15,16). The highest BCUT2D eigenvalue weighted by Gasteiger charge is 2.32. The fourth-order valence-corrected chi connectivity index (χ4v) is 1.47. The van der Waals surface area contributed by atoms with Crippen LogP contribution in [0.1, 0.15) is 50.7 Å². The average Bonchev–Trinajstić information content (AvgIpc) is 3.05. The second-order valence-electron chi connectivity index (χ2n) is 4.66. The Morgan fingerprint density at radius 2 is 2.35 bits per heavy atom. The normalized spacial score (nSPS) is 18.9. The number of hydrogen-bond donors (Lipinski definition) is 2. The fraction of sp³-hybridized carbons (Fsp3) is 0.727. The van der Waals surface area contributed by atoms with E-state index >= 15 is 0 Å². The van der Waals surface area contributed by atoms with Crippen molar-refractivity contribution < 1.29 is 14.4 Å². The first-order valence-electron chi connectivity index (χ1n) is 5.86. The van der Waals surface area contributed by atoms with Gasteiger partial charge in [0.1, 0.15) is 5.54 Å². The maximum Gasteiger partial charge on any atom is 0.323 e. The Hall–Kier alpha value is -1.43. The Balaban J connectivity index is 1.93. The number of hydrogen-bond acceptors (Lipinski definition) is 5. The van der Waals surface area contributed by atoms with E-state index in [1.165, 1.54) is 0 Å². The molecule has 0 amide bonds. The smallest absolute Gasteiger partial charge is 0.323 e. The topological polar surface area (TPSA) is 88.3 Å². The molecule has 2 rings (SSSR count). The minimum absolute atomic E-state index is 0.288. The average molecular weight is 239 g/mol. The molecule has 6 heteroatoms. The molecule has 0 aliphatic heterocycles. The SMILES string of the molecule is CCC(C)(NCc1nc(C2CC2)no1)C(=O)O. The largest absolute Gasteiger partial charge is 0.480 e. The highest BCUT2D eigenvalue weighted by Crippen LogP contribution is 2.38. The maximum atomic E-state index is 11.1. The molecular weight excluding hydrogens is 222 g/mol. The third-order valence-electron chi connectivity index (χ3n) is 3.24.